The van der Waals surface area contributed by atoms with Crippen molar-refractivity contribution in [2.45, 2.75) is 17.3 Å². The maximum absolute atomic E-state index is 9.15. The predicted molar refractivity (Wildman–Crippen MR) is 89.6 cm³/mol. The smallest absolute Gasteiger partial charge is 0.0682 e. The van der Waals surface area contributed by atoms with Crippen molar-refractivity contribution in [2.24, 2.45) is 0 Å². The molecule has 2 aromatic heterocycles. The number of rotatable bonds is 5. The van der Waals surface area contributed by atoms with Gasteiger partial charge in [-0.3, -0.25) is 0 Å². The summed E-state index contributed by atoms with van der Waals surface area (Å²) in [7, 11) is 0. The van der Waals surface area contributed by atoms with Gasteiger partial charge in [0, 0.05) is 15.5 Å². The predicted octanol–water partition coefficient (Wildman–Crippen LogP) is 5.26. The van der Waals surface area contributed by atoms with Crippen molar-refractivity contribution in [3.05, 3.63) is 63.0 Å². The molecule has 0 bridgehead atoms. The van der Waals surface area contributed by atoms with Crippen molar-refractivity contribution in [2.75, 3.05) is 0 Å². The van der Waals surface area contributed by atoms with E-state index in [0.29, 0.717) is 0 Å². The van der Waals surface area contributed by atoms with Gasteiger partial charge in [-0.15, -0.1) is 23.1 Å². The second-order valence-corrected chi connectivity index (χ2v) is 7.23. The number of hydrogen-bond donors (Lipinski definition) is 1. The van der Waals surface area contributed by atoms with E-state index in [2.05, 4.69) is 40.4 Å². The maximum Gasteiger partial charge on any atom is 0.0682 e. The summed E-state index contributed by atoms with van der Waals surface area (Å²) in [5, 5.41) is 15.7. The molecular formula is C16H14OS3. The van der Waals surface area contributed by atoms with E-state index in [9.17, 15) is 0 Å². The van der Waals surface area contributed by atoms with Gasteiger partial charge >= 0.3 is 0 Å². The number of thioether (sulfide) groups is 1. The Morgan fingerprint density at radius 2 is 2.00 bits per heavy atom. The van der Waals surface area contributed by atoms with Crippen molar-refractivity contribution in [3.63, 3.8) is 0 Å². The average molecular weight is 318 g/mol. The van der Waals surface area contributed by atoms with Crippen molar-refractivity contribution in [3.8, 4) is 11.1 Å². The van der Waals surface area contributed by atoms with Crippen LogP contribution in [0.3, 0.4) is 0 Å². The van der Waals surface area contributed by atoms with Gasteiger partial charge < -0.3 is 5.11 Å². The van der Waals surface area contributed by atoms with Crippen molar-refractivity contribution >= 4 is 34.4 Å². The summed E-state index contributed by atoms with van der Waals surface area (Å²) in [5.41, 5.74) is 3.60. The molecule has 4 heteroatoms. The van der Waals surface area contributed by atoms with Crippen molar-refractivity contribution < 1.29 is 5.11 Å². The Hall–Kier alpha value is -1.07. The van der Waals surface area contributed by atoms with E-state index in [1.165, 1.54) is 20.9 Å². The Bertz CT molecular complexity index is 671. The Kier molecular flexibility index (Phi) is 4.58. The molecule has 0 aliphatic heterocycles. The van der Waals surface area contributed by atoms with Gasteiger partial charge in [0.25, 0.3) is 0 Å². The molecule has 102 valence electrons. The zero-order valence-electron chi connectivity index (χ0n) is 10.8. The van der Waals surface area contributed by atoms with Crippen LogP contribution in [-0.4, -0.2) is 5.11 Å². The first-order chi connectivity index (χ1) is 9.85. The van der Waals surface area contributed by atoms with Crippen LogP contribution in [-0.2, 0) is 12.4 Å². The second-order valence-electron chi connectivity index (χ2n) is 4.41. The zero-order valence-corrected chi connectivity index (χ0v) is 13.2. The minimum atomic E-state index is 0.107. The quantitative estimate of drug-likeness (QED) is 0.647. The van der Waals surface area contributed by atoms with Crippen LogP contribution in [0, 0.1) is 0 Å². The molecular weight excluding hydrogens is 304 g/mol. The molecule has 3 rings (SSSR count). The molecule has 0 aliphatic carbocycles. The average Bonchev–Trinajstić information content (AvgIpc) is 3.16. The molecule has 20 heavy (non-hydrogen) atoms. The minimum absolute atomic E-state index is 0.107. The van der Waals surface area contributed by atoms with E-state index in [1.807, 2.05) is 35.2 Å². The molecule has 3 aromatic rings. The van der Waals surface area contributed by atoms with Gasteiger partial charge in [-0.25, -0.2) is 0 Å². The molecule has 0 atom stereocenters. The first-order valence-electron chi connectivity index (χ1n) is 6.28. The fourth-order valence-electron chi connectivity index (χ4n) is 1.92. The first kappa shape index (κ1) is 13.9. The molecule has 0 saturated carbocycles. The highest BCUT2D eigenvalue weighted by Crippen LogP contribution is 2.31. The highest BCUT2D eigenvalue weighted by atomic mass is 32.2. The molecule has 0 aliphatic rings. The van der Waals surface area contributed by atoms with Gasteiger partial charge in [-0.05, 0) is 57.1 Å². The second kappa shape index (κ2) is 6.59. The SMILES string of the molecule is OCc1cccc(SCc2cc(-c3ccsc3)cs2)c1. The Morgan fingerprint density at radius 1 is 1.05 bits per heavy atom. The fraction of sp³-hybridized carbons (Fsp3) is 0.125. The van der Waals surface area contributed by atoms with E-state index in [4.69, 9.17) is 5.11 Å². The minimum Gasteiger partial charge on any atom is -0.392 e. The lowest BCUT2D eigenvalue weighted by atomic mass is 10.2. The molecule has 1 N–H and O–H groups in total. The van der Waals surface area contributed by atoms with Crippen LogP contribution in [0.2, 0.25) is 0 Å². The fourth-order valence-corrected chi connectivity index (χ4v) is 4.52. The van der Waals surface area contributed by atoms with Gasteiger partial charge in [0.15, 0.2) is 0 Å². The van der Waals surface area contributed by atoms with Gasteiger partial charge in [0.2, 0.25) is 0 Å². The number of benzene rings is 1. The molecule has 0 radical (unpaired) electrons. The number of aliphatic hydroxyl groups excluding tert-OH is 1. The number of aliphatic hydroxyl groups is 1. The van der Waals surface area contributed by atoms with Crippen molar-refractivity contribution in [1.29, 1.82) is 0 Å². The summed E-state index contributed by atoms with van der Waals surface area (Å²) in [6.07, 6.45) is 0. The summed E-state index contributed by atoms with van der Waals surface area (Å²) in [6, 6.07) is 12.5. The number of thiophene rings is 2. The largest absolute Gasteiger partial charge is 0.392 e. The van der Waals surface area contributed by atoms with E-state index >= 15 is 0 Å². The monoisotopic (exact) mass is 318 g/mol. The number of hydrogen-bond acceptors (Lipinski definition) is 4. The van der Waals surface area contributed by atoms with Crippen LogP contribution in [0.4, 0.5) is 0 Å². The third-order valence-electron chi connectivity index (χ3n) is 2.97. The lowest BCUT2D eigenvalue weighted by Gasteiger charge is -2.02. The van der Waals surface area contributed by atoms with Crippen LogP contribution >= 0.6 is 34.4 Å². The third-order valence-corrected chi connectivity index (χ3v) is 5.82. The summed E-state index contributed by atoms with van der Waals surface area (Å²) >= 11 is 5.36. The zero-order chi connectivity index (χ0) is 13.8. The molecule has 0 unspecified atom stereocenters. The van der Waals surface area contributed by atoms with Crippen LogP contribution in [0.1, 0.15) is 10.4 Å². The lowest BCUT2D eigenvalue weighted by molar-refractivity contribution is 0.281. The van der Waals surface area contributed by atoms with Crippen LogP contribution in [0.25, 0.3) is 11.1 Å². The summed E-state index contributed by atoms with van der Waals surface area (Å²) in [6.45, 7) is 0.107. The molecule has 1 nitrogen and oxygen atoms in total. The van der Waals surface area contributed by atoms with Crippen molar-refractivity contribution in [1.82, 2.24) is 0 Å². The molecule has 1 aromatic carbocycles. The van der Waals surface area contributed by atoms with E-state index < -0.39 is 0 Å². The van der Waals surface area contributed by atoms with E-state index in [0.717, 1.165) is 11.3 Å². The summed E-state index contributed by atoms with van der Waals surface area (Å²) in [5.74, 6) is 0.976. The standard InChI is InChI=1S/C16H14OS3/c17-8-12-2-1-3-15(6-12)20-11-16-7-14(10-19-16)13-4-5-18-9-13/h1-7,9-10,17H,8,11H2. The maximum atomic E-state index is 9.15. The van der Waals surface area contributed by atoms with Crippen LogP contribution in [0.15, 0.2) is 57.4 Å². The van der Waals surface area contributed by atoms with E-state index in [-0.39, 0.29) is 6.61 Å². The molecule has 0 saturated heterocycles. The van der Waals surface area contributed by atoms with Crippen LogP contribution < -0.4 is 0 Å². The molecule has 2 heterocycles. The first-order valence-corrected chi connectivity index (χ1v) is 9.08. The topological polar surface area (TPSA) is 20.2 Å². The van der Waals surface area contributed by atoms with E-state index in [1.54, 1.807) is 11.3 Å². The lowest BCUT2D eigenvalue weighted by Crippen LogP contribution is -1.83. The highest BCUT2D eigenvalue weighted by molar-refractivity contribution is 7.98. The molecule has 0 fully saturated rings. The third kappa shape index (κ3) is 3.33. The molecule has 0 amide bonds. The highest BCUT2D eigenvalue weighted by Gasteiger charge is 2.04. The molecule has 0 spiro atoms. The summed E-state index contributed by atoms with van der Waals surface area (Å²) in [4.78, 5) is 2.59. The van der Waals surface area contributed by atoms with Gasteiger partial charge in [0.05, 0.1) is 6.61 Å². The Labute approximate surface area is 130 Å². The van der Waals surface area contributed by atoms with Gasteiger partial charge in [0.1, 0.15) is 0 Å². The van der Waals surface area contributed by atoms with Gasteiger partial charge in [-0.2, -0.15) is 11.3 Å². The van der Waals surface area contributed by atoms with Crippen LogP contribution in [0.5, 0.6) is 0 Å². The normalized spacial score (nSPS) is 10.8. The summed E-state index contributed by atoms with van der Waals surface area (Å²) < 4.78 is 0. The Morgan fingerprint density at radius 3 is 2.80 bits per heavy atom. The van der Waals surface area contributed by atoms with Gasteiger partial charge in [-0.1, -0.05) is 12.1 Å². The Balaban J connectivity index is 1.66.